The van der Waals surface area contributed by atoms with E-state index in [9.17, 15) is 9.59 Å². The molecule has 1 aromatic heterocycles. The first-order chi connectivity index (χ1) is 8.09. The summed E-state index contributed by atoms with van der Waals surface area (Å²) in [7, 11) is 0. The van der Waals surface area contributed by atoms with Crippen molar-refractivity contribution in [3.63, 3.8) is 0 Å². The second-order valence-corrected chi connectivity index (χ2v) is 4.49. The van der Waals surface area contributed by atoms with Crippen molar-refractivity contribution in [2.45, 2.75) is 19.4 Å². The van der Waals surface area contributed by atoms with E-state index >= 15 is 0 Å². The van der Waals surface area contributed by atoms with Crippen LogP contribution in [-0.4, -0.2) is 36.2 Å². The highest BCUT2D eigenvalue weighted by molar-refractivity contribution is 7.10. The Hall–Kier alpha value is -1.40. The predicted molar refractivity (Wildman–Crippen MR) is 64.1 cm³/mol. The number of carboxylic acid groups (broad SMARTS) is 1. The topological polar surface area (TPSA) is 75.6 Å². The Labute approximate surface area is 103 Å². The molecule has 17 heavy (non-hydrogen) atoms. The maximum Gasteiger partial charge on any atom is 0.332 e. The predicted octanol–water partition coefficient (Wildman–Crippen LogP) is 0.896. The van der Waals surface area contributed by atoms with Crippen molar-refractivity contribution in [1.82, 2.24) is 5.32 Å². The van der Waals surface area contributed by atoms with Crippen molar-refractivity contribution in [2.24, 2.45) is 0 Å². The molecule has 0 bridgehead atoms. The quantitative estimate of drug-likeness (QED) is 0.711. The van der Waals surface area contributed by atoms with E-state index in [1.54, 1.807) is 0 Å². The second kappa shape index (κ2) is 7.03. The van der Waals surface area contributed by atoms with Crippen molar-refractivity contribution in [3.05, 3.63) is 22.4 Å². The molecule has 1 unspecified atom stereocenters. The number of carboxylic acids is 1. The molecule has 1 amide bonds. The standard InChI is InChI=1S/C11H15NO4S/c1-8(11(14)15)16-5-4-12-10(13)7-9-3-2-6-17-9/h2-3,6,8H,4-5,7H2,1H3,(H,12,13)(H,14,15). The van der Waals surface area contributed by atoms with E-state index in [2.05, 4.69) is 5.32 Å². The number of hydrogen-bond donors (Lipinski definition) is 2. The number of carbonyl (C=O) groups is 2. The maximum atomic E-state index is 11.4. The molecule has 1 heterocycles. The van der Waals surface area contributed by atoms with Gasteiger partial charge in [0.1, 0.15) is 0 Å². The number of amides is 1. The molecule has 1 aromatic rings. The van der Waals surface area contributed by atoms with E-state index in [1.807, 2.05) is 17.5 Å². The van der Waals surface area contributed by atoms with E-state index in [4.69, 9.17) is 9.84 Å². The molecule has 0 fully saturated rings. The first-order valence-electron chi connectivity index (χ1n) is 5.23. The van der Waals surface area contributed by atoms with Crippen LogP contribution in [0.4, 0.5) is 0 Å². The normalized spacial score (nSPS) is 12.1. The smallest absolute Gasteiger partial charge is 0.332 e. The van der Waals surface area contributed by atoms with E-state index in [1.165, 1.54) is 18.3 Å². The van der Waals surface area contributed by atoms with Gasteiger partial charge in [-0.2, -0.15) is 0 Å². The minimum absolute atomic E-state index is 0.0842. The first kappa shape index (κ1) is 13.7. The summed E-state index contributed by atoms with van der Waals surface area (Å²) in [5.41, 5.74) is 0. The van der Waals surface area contributed by atoms with Gasteiger partial charge in [-0.25, -0.2) is 4.79 Å². The third kappa shape index (κ3) is 5.46. The molecule has 1 atom stereocenters. The van der Waals surface area contributed by atoms with Gasteiger partial charge in [0.15, 0.2) is 6.10 Å². The van der Waals surface area contributed by atoms with Gasteiger partial charge in [-0.3, -0.25) is 4.79 Å². The van der Waals surface area contributed by atoms with Gasteiger partial charge in [0.05, 0.1) is 13.0 Å². The van der Waals surface area contributed by atoms with Gasteiger partial charge in [0.2, 0.25) is 5.91 Å². The fourth-order valence-electron chi connectivity index (χ4n) is 1.13. The van der Waals surface area contributed by atoms with Crippen LogP contribution in [0.3, 0.4) is 0 Å². The maximum absolute atomic E-state index is 11.4. The van der Waals surface area contributed by atoms with Gasteiger partial charge in [-0.1, -0.05) is 6.07 Å². The van der Waals surface area contributed by atoms with Gasteiger partial charge in [-0.05, 0) is 18.4 Å². The lowest BCUT2D eigenvalue weighted by molar-refractivity contribution is -0.148. The van der Waals surface area contributed by atoms with E-state index in [0.29, 0.717) is 13.0 Å². The molecule has 0 spiro atoms. The van der Waals surface area contributed by atoms with Gasteiger partial charge < -0.3 is 15.2 Å². The minimum atomic E-state index is -1.00. The highest BCUT2D eigenvalue weighted by Crippen LogP contribution is 2.08. The average molecular weight is 257 g/mol. The van der Waals surface area contributed by atoms with Crippen molar-refractivity contribution in [3.8, 4) is 0 Å². The van der Waals surface area contributed by atoms with Crippen LogP contribution in [0.2, 0.25) is 0 Å². The lowest BCUT2D eigenvalue weighted by atomic mass is 10.3. The molecule has 0 radical (unpaired) electrons. The van der Waals surface area contributed by atoms with E-state index < -0.39 is 12.1 Å². The zero-order chi connectivity index (χ0) is 12.7. The monoisotopic (exact) mass is 257 g/mol. The van der Waals surface area contributed by atoms with Gasteiger partial charge in [0, 0.05) is 11.4 Å². The molecule has 0 saturated carbocycles. The van der Waals surface area contributed by atoms with Crippen molar-refractivity contribution < 1.29 is 19.4 Å². The Morgan fingerprint density at radius 2 is 2.35 bits per heavy atom. The van der Waals surface area contributed by atoms with Crippen LogP contribution in [0.1, 0.15) is 11.8 Å². The van der Waals surface area contributed by atoms with Crippen LogP contribution in [-0.2, 0) is 20.7 Å². The third-order valence-electron chi connectivity index (χ3n) is 2.05. The number of nitrogens with one attached hydrogen (secondary N) is 1. The Balaban J connectivity index is 2.10. The SMILES string of the molecule is CC(OCCNC(=O)Cc1cccs1)C(=O)O. The molecule has 0 aliphatic heterocycles. The molecular formula is C11H15NO4S. The fourth-order valence-corrected chi connectivity index (χ4v) is 1.83. The van der Waals surface area contributed by atoms with Crippen LogP contribution >= 0.6 is 11.3 Å². The Morgan fingerprint density at radius 3 is 2.94 bits per heavy atom. The fraction of sp³-hybridized carbons (Fsp3) is 0.455. The Morgan fingerprint density at radius 1 is 1.59 bits per heavy atom. The molecule has 0 saturated heterocycles. The number of carbonyl (C=O) groups excluding carboxylic acids is 1. The summed E-state index contributed by atoms with van der Waals surface area (Å²) in [6.07, 6.45) is -0.490. The lowest BCUT2D eigenvalue weighted by Crippen LogP contribution is -2.30. The van der Waals surface area contributed by atoms with E-state index in [0.717, 1.165) is 4.88 Å². The molecular weight excluding hydrogens is 242 g/mol. The molecule has 0 aliphatic carbocycles. The molecule has 1 rings (SSSR count). The highest BCUT2D eigenvalue weighted by atomic mass is 32.1. The molecule has 2 N–H and O–H groups in total. The third-order valence-corrected chi connectivity index (χ3v) is 2.93. The summed E-state index contributed by atoms with van der Waals surface area (Å²) in [4.78, 5) is 22.8. The van der Waals surface area contributed by atoms with Crippen LogP contribution in [0.25, 0.3) is 0 Å². The minimum Gasteiger partial charge on any atom is -0.479 e. The summed E-state index contributed by atoms with van der Waals surface area (Å²) in [5, 5.41) is 13.1. The van der Waals surface area contributed by atoms with Crippen LogP contribution in [0, 0.1) is 0 Å². The summed E-state index contributed by atoms with van der Waals surface area (Å²) in [5.74, 6) is -1.09. The van der Waals surface area contributed by atoms with Crippen LogP contribution in [0.5, 0.6) is 0 Å². The molecule has 94 valence electrons. The molecule has 5 nitrogen and oxygen atoms in total. The number of hydrogen-bond acceptors (Lipinski definition) is 4. The van der Waals surface area contributed by atoms with E-state index in [-0.39, 0.29) is 12.5 Å². The van der Waals surface area contributed by atoms with Crippen molar-refractivity contribution >= 4 is 23.2 Å². The summed E-state index contributed by atoms with van der Waals surface area (Å²) >= 11 is 1.53. The number of thiophene rings is 1. The first-order valence-corrected chi connectivity index (χ1v) is 6.11. The van der Waals surface area contributed by atoms with Crippen molar-refractivity contribution in [1.29, 1.82) is 0 Å². The lowest BCUT2D eigenvalue weighted by Gasteiger charge is -2.08. The highest BCUT2D eigenvalue weighted by Gasteiger charge is 2.10. The Kier molecular flexibility index (Phi) is 5.65. The molecule has 0 aliphatic rings. The van der Waals surface area contributed by atoms with Gasteiger partial charge in [-0.15, -0.1) is 11.3 Å². The molecule has 6 heteroatoms. The zero-order valence-corrected chi connectivity index (χ0v) is 10.3. The Bertz CT molecular complexity index is 364. The number of aliphatic carboxylic acids is 1. The van der Waals surface area contributed by atoms with Gasteiger partial charge >= 0.3 is 5.97 Å². The number of ether oxygens (including phenoxy) is 1. The largest absolute Gasteiger partial charge is 0.479 e. The van der Waals surface area contributed by atoms with Gasteiger partial charge in [0.25, 0.3) is 0 Å². The average Bonchev–Trinajstić information content (AvgIpc) is 2.76. The zero-order valence-electron chi connectivity index (χ0n) is 9.51. The summed E-state index contributed by atoms with van der Waals surface area (Å²) < 4.78 is 4.98. The van der Waals surface area contributed by atoms with Crippen molar-refractivity contribution in [2.75, 3.05) is 13.2 Å². The summed E-state index contributed by atoms with van der Waals surface area (Å²) in [6, 6.07) is 3.79. The van der Waals surface area contributed by atoms with Crippen LogP contribution in [0.15, 0.2) is 17.5 Å². The number of rotatable bonds is 7. The second-order valence-electron chi connectivity index (χ2n) is 3.46. The summed E-state index contributed by atoms with van der Waals surface area (Å²) in [6.45, 7) is 1.97. The molecule has 0 aromatic carbocycles. The van der Waals surface area contributed by atoms with Crippen LogP contribution < -0.4 is 5.32 Å².